The van der Waals surface area contributed by atoms with Crippen molar-refractivity contribution in [3.63, 3.8) is 0 Å². The summed E-state index contributed by atoms with van der Waals surface area (Å²) >= 11 is 0. The SMILES string of the molecule is [C-]#[N+]c1n[c-]n(-c2cccc(C(C)(C)c3ccc(CC(C)(C)C)c(-n4[c-]nc(C#N)c4C#N)n3)n2)c1[N+]#[C-].[Pt+2]. The van der Waals surface area contributed by atoms with Crippen molar-refractivity contribution in [3.05, 3.63) is 94.2 Å². The number of imidazole rings is 2. The molecule has 0 aliphatic carbocycles. The third kappa shape index (κ3) is 5.49. The van der Waals surface area contributed by atoms with Crippen LogP contribution in [-0.4, -0.2) is 29.1 Å². The zero-order valence-corrected chi connectivity index (χ0v) is 24.2. The first kappa shape index (κ1) is 28.9. The molecule has 194 valence electrons. The van der Waals surface area contributed by atoms with Crippen molar-refractivity contribution >= 4 is 11.6 Å². The van der Waals surface area contributed by atoms with E-state index in [9.17, 15) is 10.5 Å². The normalized spacial score (nSPS) is 11.0. The number of nitriles is 2. The molecule has 11 heteroatoms. The predicted molar refractivity (Wildman–Crippen MR) is 138 cm³/mol. The number of hydrogen-bond acceptors (Lipinski definition) is 6. The van der Waals surface area contributed by atoms with Crippen molar-refractivity contribution in [1.82, 2.24) is 29.1 Å². The van der Waals surface area contributed by atoms with Crippen LogP contribution in [0.1, 0.15) is 63.0 Å². The fourth-order valence-electron chi connectivity index (χ4n) is 4.03. The Morgan fingerprint density at radius 1 is 0.897 bits per heavy atom. The number of pyridine rings is 2. The summed E-state index contributed by atoms with van der Waals surface area (Å²) in [5.41, 5.74) is 1.49. The second kappa shape index (κ2) is 11.0. The molecule has 10 nitrogen and oxygen atoms in total. The maximum absolute atomic E-state index is 9.74. The van der Waals surface area contributed by atoms with Crippen LogP contribution in [0.2, 0.25) is 0 Å². The van der Waals surface area contributed by atoms with Gasteiger partial charge in [0.05, 0.1) is 23.7 Å². The Morgan fingerprint density at radius 3 is 2.21 bits per heavy atom. The van der Waals surface area contributed by atoms with Gasteiger partial charge in [-0.05, 0) is 49.4 Å². The third-order valence-corrected chi connectivity index (χ3v) is 5.93. The van der Waals surface area contributed by atoms with Crippen molar-refractivity contribution in [2.75, 3.05) is 0 Å². The topological polar surface area (TPSA) is 118 Å². The third-order valence-electron chi connectivity index (χ3n) is 5.93. The molecule has 4 aromatic rings. The molecule has 0 N–H and O–H groups in total. The Kier molecular flexibility index (Phi) is 8.16. The predicted octanol–water partition coefficient (Wildman–Crippen LogP) is 5.21. The van der Waals surface area contributed by atoms with Crippen LogP contribution < -0.4 is 0 Å². The summed E-state index contributed by atoms with van der Waals surface area (Å²) in [4.78, 5) is 24.3. The van der Waals surface area contributed by atoms with E-state index < -0.39 is 5.41 Å². The standard InChI is InChI=1S/C28H22N10.Pt/c1-27(2,3)13-18-11-12-22(36-25(18)37-16-33-19(14-29)20(37)15-30)28(4,5)21-9-8-10-23(35-21)38-17-34-24(31-6)26(38)32-7;/h8-12H,13H2,1-5H3;/q-2;+2. The van der Waals surface area contributed by atoms with Gasteiger partial charge in [-0.3, -0.25) is 14.5 Å². The maximum atomic E-state index is 9.74. The van der Waals surface area contributed by atoms with Gasteiger partial charge < -0.3 is 19.2 Å². The summed E-state index contributed by atoms with van der Waals surface area (Å²) in [7, 11) is 0. The maximum Gasteiger partial charge on any atom is 2.00 e. The fourth-order valence-corrected chi connectivity index (χ4v) is 4.03. The van der Waals surface area contributed by atoms with E-state index in [1.165, 1.54) is 9.13 Å². The molecule has 4 aromatic heterocycles. The van der Waals surface area contributed by atoms with E-state index in [2.05, 4.69) is 59.2 Å². The van der Waals surface area contributed by atoms with E-state index >= 15 is 0 Å². The average molecular weight is 694 g/mol. The van der Waals surface area contributed by atoms with Crippen molar-refractivity contribution in [3.8, 4) is 23.8 Å². The largest absolute Gasteiger partial charge is 2.00 e. The monoisotopic (exact) mass is 693 g/mol. The summed E-state index contributed by atoms with van der Waals surface area (Å²) < 4.78 is 2.81. The molecule has 0 aliphatic rings. The van der Waals surface area contributed by atoms with Crippen LogP contribution >= 0.6 is 0 Å². The van der Waals surface area contributed by atoms with Gasteiger partial charge in [-0.2, -0.15) is 0 Å². The van der Waals surface area contributed by atoms with Crippen molar-refractivity contribution in [2.45, 2.75) is 46.5 Å². The summed E-state index contributed by atoms with van der Waals surface area (Å²) in [6, 6.07) is 13.3. The Balaban J connectivity index is 0.00000420. The van der Waals surface area contributed by atoms with Crippen molar-refractivity contribution in [1.29, 1.82) is 10.5 Å². The van der Waals surface area contributed by atoms with Crippen LogP contribution in [0.25, 0.3) is 21.3 Å². The van der Waals surface area contributed by atoms with Gasteiger partial charge in [0.25, 0.3) is 12.1 Å². The summed E-state index contributed by atoms with van der Waals surface area (Å²) in [5.74, 6) is 0.894. The molecule has 0 atom stereocenters. The second-order valence-electron chi connectivity index (χ2n) is 10.3. The molecular weight excluding hydrogens is 671 g/mol. The van der Waals surface area contributed by atoms with Gasteiger partial charge in [-0.25, -0.2) is 10.5 Å². The van der Waals surface area contributed by atoms with Gasteiger partial charge in [0, 0.05) is 28.8 Å². The Morgan fingerprint density at radius 2 is 1.59 bits per heavy atom. The van der Waals surface area contributed by atoms with E-state index in [1.807, 2.05) is 44.2 Å². The van der Waals surface area contributed by atoms with Gasteiger partial charge in [0.1, 0.15) is 5.82 Å². The van der Waals surface area contributed by atoms with Gasteiger partial charge >= 0.3 is 26.9 Å². The number of rotatable bonds is 5. The van der Waals surface area contributed by atoms with E-state index in [1.54, 1.807) is 6.07 Å². The van der Waals surface area contributed by atoms with Crippen LogP contribution in [0.4, 0.5) is 11.6 Å². The zero-order chi connectivity index (χ0) is 27.7. The summed E-state index contributed by atoms with van der Waals surface area (Å²) in [6.45, 7) is 24.9. The van der Waals surface area contributed by atoms with E-state index in [0.717, 1.165) is 5.56 Å². The summed E-state index contributed by atoms with van der Waals surface area (Å²) in [6.07, 6.45) is 6.11. The molecule has 4 heterocycles. The smallest absolute Gasteiger partial charge is 0.402 e. The van der Waals surface area contributed by atoms with Crippen LogP contribution in [0.15, 0.2) is 30.3 Å². The molecule has 0 aliphatic heterocycles. The van der Waals surface area contributed by atoms with Gasteiger partial charge in [0.2, 0.25) is 0 Å². The minimum atomic E-state index is -0.710. The van der Waals surface area contributed by atoms with Gasteiger partial charge in [-0.15, -0.1) is 0 Å². The second-order valence-corrected chi connectivity index (χ2v) is 10.3. The average Bonchev–Trinajstić information content (AvgIpc) is 3.51. The molecule has 0 radical (unpaired) electrons. The fraction of sp³-hybridized carbons (Fsp3) is 0.286. The minimum absolute atomic E-state index is 0. The first-order valence-corrected chi connectivity index (χ1v) is 11.6. The Hall–Kier alpha value is -4.63. The van der Waals surface area contributed by atoms with E-state index in [0.29, 0.717) is 29.4 Å². The van der Waals surface area contributed by atoms with Crippen molar-refractivity contribution < 1.29 is 21.1 Å². The molecule has 0 aromatic carbocycles. The molecule has 0 unspecified atom stereocenters. The molecule has 39 heavy (non-hydrogen) atoms. The van der Waals surface area contributed by atoms with Crippen LogP contribution in [0, 0.1) is 53.9 Å². The van der Waals surface area contributed by atoms with Gasteiger partial charge in [-0.1, -0.05) is 51.0 Å². The minimum Gasteiger partial charge on any atom is -0.402 e. The number of nitrogens with zero attached hydrogens (tertiary/aromatic N) is 10. The molecule has 0 saturated heterocycles. The first-order chi connectivity index (χ1) is 18.0. The van der Waals surface area contributed by atoms with E-state index in [-0.39, 0.29) is 49.5 Å². The summed E-state index contributed by atoms with van der Waals surface area (Å²) in [5, 5.41) is 19.1. The molecule has 0 amide bonds. The molecule has 0 fully saturated rings. The Bertz CT molecular complexity index is 1710. The quantitative estimate of drug-likeness (QED) is 0.265. The van der Waals surface area contributed by atoms with Gasteiger partial charge in [0.15, 0.2) is 0 Å². The number of hydrogen-bond donors (Lipinski definition) is 0. The molecule has 0 saturated carbocycles. The van der Waals surface area contributed by atoms with E-state index in [4.69, 9.17) is 23.1 Å². The van der Waals surface area contributed by atoms with Crippen LogP contribution in [0.5, 0.6) is 0 Å². The van der Waals surface area contributed by atoms with Crippen LogP contribution in [0.3, 0.4) is 0 Å². The van der Waals surface area contributed by atoms with Crippen molar-refractivity contribution in [2.24, 2.45) is 5.41 Å². The molecular formula is C28H22N10Pt. The number of aromatic nitrogens is 6. The molecule has 0 bridgehead atoms. The van der Waals surface area contributed by atoms with Crippen LogP contribution in [-0.2, 0) is 32.9 Å². The molecule has 4 rings (SSSR count). The molecule has 0 spiro atoms. The first-order valence-electron chi connectivity index (χ1n) is 11.6. The Labute approximate surface area is 241 Å². The zero-order valence-electron chi connectivity index (χ0n) is 21.9.